The van der Waals surface area contributed by atoms with Gasteiger partial charge >= 0.3 is 0 Å². The molecule has 0 saturated carbocycles. The highest BCUT2D eigenvalue weighted by Gasteiger charge is 2.19. The normalized spacial score (nSPS) is 12.1. The van der Waals surface area contributed by atoms with Gasteiger partial charge in [-0.2, -0.15) is 0 Å². The summed E-state index contributed by atoms with van der Waals surface area (Å²) in [6.07, 6.45) is 2.07. The number of hydrogen-bond donors (Lipinski definition) is 2. The lowest BCUT2D eigenvalue weighted by atomic mass is 9.89. The lowest BCUT2D eigenvalue weighted by molar-refractivity contribution is -0.126. The SMILES string of the molecule is CCC(CC)C(C)C(=O)NN.Cl. The summed E-state index contributed by atoms with van der Waals surface area (Å²) in [5.74, 6) is 5.46. The van der Waals surface area contributed by atoms with Crippen LogP contribution in [0, 0.1) is 11.8 Å². The first kappa shape index (κ1) is 14.3. The molecule has 0 aliphatic rings. The van der Waals surface area contributed by atoms with Crippen molar-refractivity contribution in [3.05, 3.63) is 0 Å². The molecule has 0 spiro atoms. The molecule has 3 nitrogen and oxygen atoms in total. The van der Waals surface area contributed by atoms with Crippen LogP contribution in [0.15, 0.2) is 0 Å². The van der Waals surface area contributed by atoms with Gasteiger partial charge in [-0.15, -0.1) is 12.4 Å². The number of halogens is 1. The summed E-state index contributed by atoms with van der Waals surface area (Å²) < 4.78 is 0. The molecular formula is C8H19ClN2O. The predicted octanol–water partition coefficient (Wildman–Crippen LogP) is 1.47. The molecule has 0 heterocycles. The van der Waals surface area contributed by atoms with Gasteiger partial charge in [0, 0.05) is 5.92 Å². The zero-order valence-electron chi connectivity index (χ0n) is 7.96. The molecule has 0 fully saturated rings. The summed E-state index contributed by atoms with van der Waals surface area (Å²) in [5.41, 5.74) is 2.17. The summed E-state index contributed by atoms with van der Waals surface area (Å²) >= 11 is 0. The Kier molecular flexibility index (Phi) is 8.76. The van der Waals surface area contributed by atoms with E-state index in [0.29, 0.717) is 5.92 Å². The van der Waals surface area contributed by atoms with E-state index in [4.69, 9.17) is 5.84 Å². The molecule has 0 aliphatic carbocycles. The van der Waals surface area contributed by atoms with Gasteiger partial charge in [0.25, 0.3) is 0 Å². The zero-order valence-corrected chi connectivity index (χ0v) is 8.78. The van der Waals surface area contributed by atoms with Crippen molar-refractivity contribution >= 4 is 18.3 Å². The molecule has 0 aromatic rings. The van der Waals surface area contributed by atoms with Crippen molar-refractivity contribution in [3.8, 4) is 0 Å². The third kappa shape index (κ3) is 3.93. The smallest absolute Gasteiger partial charge is 0.236 e. The Morgan fingerprint density at radius 1 is 1.42 bits per heavy atom. The van der Waals surface area contributed by atoms with Gasteiger partial charge < -0.3 is 0 Å². The van der Waals surface area contributed by atoms with Crippen LogP contribution >= 0.6 is 12.4 Å². The average Bonchev–Trinajstić information content (AvgIpc) is 2.05. The van der Waals surface area contributed by atoms with Gasteiger partial charge in [0.2, 0.25) is 5.91 Å². The lowest BCUT2D eigenvalue weighted by Gasteiger charge is -2.18. The van der Waals surface area contributed by atoms with Crippen LogP contribution in [-0.2, 0) is 4.79 Å². The van der Waals surface area contributed by atoms with Crippen LogP contribution in [0.4, 0.5) is 0 Å². The maximum atomic E-state index is 11.0. The van der Waals surface area contributed by atoms with E-state index < -0.39 is 0 Å². The van der Waals surface area contributed by atoms with E-state index in [2.05, 4.69) is 19.3 Å². The summed E-state index contributed by atoms with van der Waals surface area (Å²) in [4.78, 5) is 11.0. The summed E-state index contributed by atoms with van der Waals surface area (Å²) in [6, 6.07) is 0. The Labute approximate surface area is 80.5 Å². The third-order valence-corrected chi connectivity index (χ3v) is 2.31. The molecule has 0 rings (SSSR count). The second kappa shape index (κ2) is 7.37. The van der Waals surface area contributed by atoms with E-state index in [1.54, 1.807) is 0 Å². The van der Waals surface area contributed by atoms with Crippen LogP contribution in [0.1, 0.15) is 33.6 Å². The number of carbonyl (C=O) groups is 1. The summed E-state index contributed by atoms with van der Waals surface area (Å²) in [7, 11) is 0. The van der Waals surface area contributed by atoms with Crippen LogP contribution in [0.5, 0.6) is 0 Å². The molecule has 4 heteroatoms. The van der Waals surface area contributed by atoms with Crippen molar-refractivity contribution < 1.29 is 4.79 Å². The second-order valence-electron chi connectivity index (χ2n) is 2.87. The van der Waals surface area contributed by atoms with Gasteiger partial charge in [-0.1, -0.05) is 33.6 Å². The van der Waals surface area contributed by atoms with E-state index in [-0.39, 0.29) is 24.2 Å². The molecule has 0 bridgehead atoms. The van der Waals surface area contributed by atoms with Crippen molar-refractivity contribution in [1.29, 1.82) is 0 Å². The number of hydrogen-bond acceptors (Lipinski definition) is 2. The van der Waals surface area contributed by atoms with Gasteiger partial charge in [0.05, 0.1) is 0 Å². The van der Waals surface area contributed by atoms with Crippen molar-refractivity contribution in [2.24, 2.45) is 17.7 Å². The van der Waals surface area contributed by atoms with Crippen LogP contribution in [-0.4, -0.2) is 5.91 Å². The number of carbonyl (C=O) groups excluding carboxylic acids is 1. The Morgan fingerprint density at radius 3 is 2.08 bits per heavy atom. The van der Waals surface area contributed by atoms with Gasteiger partial charge in [-0.05, 0) is 5.92 Å². The monoisotopic (exact) mass is 194 g/mol. The molecule has 0 saturated heterocycles. The number of nitrogens with two attached hydrogens (primary N) is 1. The molecule has 74 valence electrons. The second-order valence-corrected chi connectivity index (χ2v) is 2.87. The van der Waals surface area contributed by atoms with Gasteiger partial charge in [0.1, 0.15) is 0 Å². The van der Waals surface area contributed by atoms with Gasteiger partial charge in [-0.25, -0.2) is 5.84 Å². The molecule has 1 amide bonds. The van der Waals surface area contributed by atoms with Crippen molar-refractivity contribution in [3.63, 3.8) is 0 Å². The minimum absolute atomic E-state index is 0. The van der Waals surface area contributed by atoms with E-state index in [1.165, 1.54) is 0 Å². The highest BCUT2D eigenvalue weighted by atomic mass is 35.5. The Hall–Kier alpha value is -0.280. The van der Waals surface area contributed by atoms with Crippen LogP contribution in [0.2, 0.25) is 0 Å². The highest BCUT2D eigenvalue weighted by Crippen LogP contribution is 2.18. The topological polar surface area (TPSA) is 55.1 Å². The Morgan fingerprint density at radius 2 is 1.83 bits per heavy atom. The molecule has 0 aromatic heterocycles. The molecule has 1 atom stereocenters. The van der Waals surface area contributed by atoms with E-state index in [1.807, 2.05) is 6.92 Å². The summed E-state index contributed by atoms with van der Waals surface area (Å²) in [6.45, 7) is 6.10. The molecule has 1 unspecified atom stereocenters. The zero-order chi connectivity index (χ0) is 8.85. The predicted molar refractivity (Wildman–Crippen MR) is 52.8 cm³/mol. The van der Waals surface area contributed by atoms with E-state index >= 15 is 0 Å². The first-order valence-electron chi connectivity index (χ1n) is 4.17. The molecule has 0 aliphatic heterocycles. The third-order valence-electron chi connectivity index (χ3n) is 2.31. The number of rotatable bonds is 4. The van der Waals surface area contributed by atoms with Gasteiger partial charge in [-0.3, -0.25) is 10.2 Å². The number of hydrazine groups is 1. The van der Waals surface area contributed by atoms with Crippen molar-refractivity contribution in [1.82, 2.24) is 5.43 Å². The lowest BCUT2D eigenvalue weighted by Crippen LogP contribution is -2.37. The van der Waals surface area contributed by atoms with Crippen LogP contribution in [0.3, 0.4) is 0 Å². The molecule has 12 heavy (non-hydrogen) atoms. The van der Waals surface area contributed by atoms with E-state index in [9.17, 15) is 4.79 Å². The molecular weight excluding hydrogens is 176 g/mol. The number of nitrogens with one attached hydrogen (secondary N) is 1. The quantitative estimate of drug-likeness (QED) is 0.405. The maximum Gasteiger partial charge on any atom is 0.236 e. The Balaban J connectivity index is 0. The van der Waals surface area contributed by atoms with Crippen molar-refractivity contribution in [2.45, 2.75) is 33.6 Å². The average molecular weight is 195 g/mol. The molecule has 0 radical (unpaired) electrons. The summed E-state index contributed by atoms with van der Waals surface area (Å²) in [5, 5.41) is 0. The minimum Gasteiger partial charge on any atom is -0.294 e. The van der Waals surface area contributed by atoms with Crippen LogP contribution in [0.25, 0.3) is 0 Å². The minimum atomic E-state index is -0.0568. The van der Waals surface area contributed by atoms with Crippen LogP contribution < -0.4 is 11.3 Å². The first-order chi connectivity index (χ1) is 5.17. The fourth-order valence-electron chi connectivity index (χ4n) is 1.34. The van der Waals surface area contributed by atoms with Crippen molar-refractivity contribution in [2.75, 3.05) is 0 Å². The first-order valence-corrected chi connectivity index (χ1v) is 4.17. The number of amides is 1. The molecule has 3 N–H and O–H groups in total. The highest BCUT2D eigenvalue weighted by molar-refractivity contribution is 5.85. The largest absolute Gasteiger partial charge is 0.294 e. The van der Waals surface area contributed by atoms with Gasteiger partial charge in [0.15, 0.2) is 0 Å². The maximum absolute atomic E-state index is 11.0. The van der Waals surface area contributed by atoms with E-state index in [0.717, 1.165) is 12.8 Å². The Bertz CT molecular complexity index is 126. The molecule has 0 aromatic carbocycles. The fourth-order valence-corrected chi connectivity index (χ4v) is 1.34. The standard InChI is InChI=1S/C8H18N2O.ClH/c1-4-7(5-2)6(3)8(11)10-9;/h6-7H,4-5,9H2,1-3H3,(H,10,11);1H. The fraction of sp³-hybridized carbons (Fsp3) is 0.875.